The smallest absolute Gasteiger partial charge is 0.148 e. The molecule has 0 aliphatic carbocycles. The first-order chi connectivity index (χ1) is 7.43. The molecule has 2 aromatic rings. The summed E-state index contributed by atoms with van der Waals surface area (Å²) in [5.74, 6) is -0.422. The van der Waals surface area contributed by atoms with Crippen LogP contribution in [0.25, 0.3) is 10.8 Å². The maximum absolute atomic E-state index is 9.77. The normalized spacial score (nSPS) is 10.1. The van der Waals surface area contributed by atoms with Gasteiger partial charge < -0.3 is 33.1 Å². The molecule has 92 valence electrons. The molecule has 0 aliphatic heterocycles. The lowest BCUT2D eigenvalue weighted by Crippen LogP contribution is -1.98. The van der Waals surface area contributed by atoms with Crippen molar-refractivity contribution in [3.8, 4) is 11.5 Å². The molecule has 7 heteroatoms. The van der Waals surface area contributed by atoms with Crippen molar-refractivity contribution < 1.29 is 10.2 Å². The number of anilines is 4. The van der Waals surface area contributed by atoms with Crippen molar-refractivity contribution >= 4 is 45.9 Å². The Labute approximate surface area is 103 Å². The van der Waals surface area contributed by atoms with Crippen LogP contribution in [0.5, 0.6) is 11.5 Å². The minimum absolute atomic E-state index is 0. The fourth-order valence-corrected chi connectivity index (χ4v) is 1.70. The van der Waals surface area contributed by atoms with Gasteiger partial charge in [-0.3, -0.25) is 0 Å². The summed E-state index contributed by atoms with van der Waals surface area (Å²) in [7, 11) is 0. The number of phenolic OH excluding ortho intramolecular Hbond substituents is 2. The minimum atomic E-state index is -0.211. The first-order valence-corrected chi connectivity index (χ1v) is 4.51. The van der Waals surface area contributed by atoms with Gasteiger partial charge in [-0.2, -0.15) is 0 Å². The quantitative estimate of drug-likeness (QED) is 0.236. The molecule has 0 saturated heterocycles. The third-order valence-corrected chi connectivity index (χ3v) is 2.47. The third kappa shape index (κ3) is 1.68. The maximum atomic E-state index is 9.77. The van der Waals surface area contributed by atoms with Crippen LogP contribution >= 0.6 is 12.4 Å². The molecule has 0 radical (unpaired) electrons. The Morgan fingerprint density at radius 3 is 1.24 bits per heavy atom. The number of rotatable bonds is 0. The lowest BCUT2D eigenvalue weighted by atomic mass is 10.0. The summed E-state index contributed by atoms with van der Waals surface area (Å²) in [6.07, 6.45) is 0. The molecule has 6 nitrogen and oxygen atoms in total. The second-order valence-corrected chi connectivity index (χ2v) is 3.56. The van der Waals surface area contributed by atoms with Gasteiger partial charge in [0.1, 0.15) is 11.5 Å². The van der Waals surface area contributed by atoms with Crippen LogP contribution in [0.3, 0.4) is 0 Å². The summed E-state index contributed by atoms with van der Waals surface area (Å²) in [6.45, 7) is 0. The van der Waals surface area contributed by atoms with E-state index in [1.54, 1.807) is 0 Å². The molecule has 0 saturated carbocycles. The van der Waals surface area contributed by atoms with Crippen molar-refractivity contribution in [3.63, 3.8) is 0 Å². The van der Waals surface area contributed by atoms with Gasteiger partial charge in [0, 0.05) is 11.4 Å². The number of nitrogens with two attached hydrogens (primary N) is 4. The summed E-state index contributed by atoms with van der Waals surface area (Å²) >= 11 is 0. The molecule has 0 fully saturated rings. The Bertz CT molecular complexity index is 548. The van der Waals surface area contributed by atoms with Crippen LogP contribution in [0.15, 0.2) is 12.1 Å². The van der Waals surface area contributed by atoms with Crippen molar-refractivity contribution in [2.75, 3.05) is 22.9 Å². The van der Waals surface area contributed by atoms with Crippen molar-refractivity contribution in [1.29, 1.82) is 0 Å². The molecule has 0 spiro atoms. The van der Waals surface area contributed by atoms with Gasteiger partial charge in [0.05, 0.1) is 22.1 Å². The summed E-state index contributed by atoms with van der Waals surface area (Å²) in [6, 6.07) is 2.69. The number of hydrogen-bond donors (Lipinski definition) is 6. The predicted molar refractivity (Wildman–Crippen MR) is 72.2 cm³/mol. The fraction of sp³-hybridized carbons (Fsp3) is 0. The highest BCUT2D eigenvalue weighted by atomic mass is 35.5. The molecule has 0 amide bonds. The SMILES string of the molecule is Cl.Nc1cc(N)c2c(O)c(N)cc(N)c2c1O. The van der Waals surface area contributed by atoms with Crippen LogP contribution in [-0.2, 0) is 0 Å². The highest BCUT2D eigenvalue weighted by Gasteiger charge is 2.16. The topological polar surface area (TPSA) is 145 Å². The fourth-order valence-electron chi connectivity index (χ4n) is 1.70. The number of fused-ring (bicyclic) bond motifs is 1. The molecule has 0 heterocycles. The van der Waals surface area contributed by atoms with E-state index in [1.807, 2.05) is 0 Å². The summed E-state index contributed by atoms with van der Waals surface area (Å²) < 4.78 is 0. The van der Waals surface area contributed by atoms with Gasteiger partial charge in [0.25, 0.3) is 0 Å². The van der Waals surface area contributed by atoms with Gasteiger partial charge in [-0.05, 0) is 12.1 Å². The number of benzene rings is 2. The molecular formula is C10H13ClN4O2. The zero-order chi connectivity index (χ0) is 12.0. The van der Waals surface area contributed by atoms with E-state index in [-0.39, 0.29) is 57.4 Å². The van der Waals surface area contributed by atoms with Crippen LogP contribution in [0.4, 0.5) is 22.7 Å². The average molecular weight is 257 g/mol. The summed E-state index contributed by atoms with van der Waals surface area (Å²) in [5.41, 5.74) is 23.1. The van der Waals surface area contributed by atoms with Crippen LogP contribution in [-0.4, -0.2) is 10.2 Å². The van der Waals surface area contributed by atoms with Gasteiger partial charge in [0.15, 0.2) is 0 Å². The molecule has 0 unspecified atom stereocenters. The highest BCUT2D eigenvalue weighted by molar-refractivity contribution is 6.12. The second kappa shape index (κ2) is 3.99. The minimum Gasteiger partial charge on any atom is -0.505 e. The van der Waals surface area contributed by atoms with E-state index in [9.17, 15) is 10.2 Å². The van der Waals surface area contributed by atoms with E-state index < -0.39 is 0 Å². The molecule has 0 aliphatic rings. The lowest BCUT2D eigenvalue weighted by Gasteiger charge is -2.12. The zero-order valence-corrected chi connectivity index (χ0v) is 9.58. The first kappa shape index (κ1) is 12.9. The van der Waals surface area contributed by atoms with E-state index in [4.69, 9.17) is 22.9 Å². The van der Waals surface area contributed by atoms with Crippen molar-refractivity contribution in [2.45, 2.75) is 0 Å². The second-order valence-electron chi connectivity index (χ2n) is 3.56. The molecule has 17 heavy (non-hydrogen) atoms. The van der Waals surface area contributed by atoms with Gasteiger partial charge in [-0.1, -0.05) is 0 Å². The number of phenols is 2. The van der Waals surface area contributed by atoms with Gasteiger partial charge in [-0.25, -0.2) is 0 Å². The first-order valence-electron chi connectivity index (χ1n) is 4.51. The van der Waals surface area contributed by atoms with Crippen molar-refractivity contribution in [3.05, 3.63) is 12.1 Å². The zero-order valence-electron chi connectivity index (χ0n) is 8.77. The van der Waals surface area contributed by atoms with Gasteiger partial charge in [-0.15, -0.1) is 12.4 Å². The van der Waals surface area contributed by atoms with Crippen LogP contribution in [0, 0.1) is 0 Å². The Morgan fingerprint density at radius 1 is 0.647 bits per heavy atom. The van der Waals surface area contributed by atoms with Crippen LogP contribution < -0.4 is 22.9 Å². The van der Waals surface area contributed by atoms with E-state index in [1.165, 1.54) is 12.1 Å². The van der Waals surface area contributed by atoms with E-state index in [2.05, 4.69) is 0 Å². The van der Waals surface area contributed by atoms with E-state index in [0.29, 0.717) is 0 Å². The van der Waals surface area contributed by atoms with Gasteiger partial charge in [0.2, 0.25) is 0 Å². The number of nitrogen functional groups attached to an aromatic ring is 4. The van der Waals surface area contributed by atoms with Crippen LogP contribution in [0.2, 0.25) is 0 Å². The largest absolute Gasteiger partial charge is 0.505 e. The summed E-state index contributed by atoms with van der Waals surface area (Å²) in [5, 5.41) is 20.0. The highest BCUT2D eigenvalue weighted by Crippen LogP contribution is 2.45. The lowest BCUT2D eigenvalue weighted by molar-refractivity contribution is 0.479. The third-order valence-electron chi connectivity index (χ3n) is 2.47. The summed E-state index contributed by atoms with van der Waals surface area (Å²) in [4.78, 5) is 0. The molecule has 2 rings (SSSR count). The Hall–Kier alpha value is -2.21. The standard InChI is InChI=1S/C10H12N4O2.ClH/c11-3-1-5(13)9(15)8-4(12)2-6(14)10(16)7(3)8;/h1-2,15-16H,11-14H2;1H. The predicted octanol–water partition coefficient (Wildman–Crippen LogP) is 1.00. The molecule has 0 aromatic heterocycles. The Balaban J connectivity index is 0.00000144. The molecule has 0 atom stereocenters. The molecule has 10 N–H and O–H groups in total. The van der Waals surface area contributed by atoms with E-state index >= 15 is 0 Å². The number of aromatic hydroxyl groups is 2. The van der Waals surface area contributed by atoms with Gasteiger partial charge >= 0.3 is 0 Å². The number of halogens is 1. The number of hydrogen-bond acceptors (Lipinski definition) is 6. The molecule has 2 aromatic carbocycles. The van der Waals surface area contributed by atoms with Crippen molar-refractivity contribution in [1.82, 2.24) is 0 Å². The van der Waals surface area contributed by atoms with E-state index in [0.717, 1.165) is 0 Å². The Kier molecular flexibility index (Phi) is 3.01. The average Bonchev–Trinajstić information content (AvgIpc) is 2.20. The Morgan fingerprint density at radius 2 is 0.941 bits per heavy atom. The molecular weight excluding hydrogens is 244 g/mol. The van der Waals surface area contributed by atoms with Crippen molar-refractivity contribution in [2.24, 2.45) is 0 Å². The molecule has 0 bridgehead atoms. The van der Waals surface area contributed by atoms with Crippen LogP contribution in [0.1, 0.15) is 0 Å². The monoisotopic (exact) mass is 256 g/mol. The maximum Gasteiger partial charge on any atom is 0.148 e.